The molecule has 0 bridgehead atoms. The molecular weight excluding hydrogens is 188 g/mol. The SMILES string of the molecule is [CH2]COC(=O)CCCCCCCCCC. The molecule has 0 aliphatic heterocycles. The Morgan fingerprint density at radius 3 is 2.07 bits per heavy atom. The maximum Gasteiger partial charge on any atom is 0.305 e. The van der Waals surface area contributed by atoms with Gasteiger partial charge in [0.2, 0.25) is 0 Å². The zero-order valence-electron chi connectivity index (χ0n) is 10.1. The molecule has 0 aromatic carbocycles. The van der Waals surface area contributed by atoms with Gasteiger partial charge in [0.15, 0.2) is 0 Å². The maximum atomic E-state index is 11.0. The highest BCUT2D eigenvalue weighted by molar-refractivity contribution is 5.69. The average molecular weight is 213 g/mol. The molecule has 0 fully saturated rings. The molecule has 0 amide bonds. The van der Waals surface area contributed by atoms with Crippen LogP contribution in [0.15, 0.2) is 0 Å². The highest BCUT2D eigenvalue weighted by Gasteiger charge is 2.00. The van der Waals surface area contributed by atoms with Gasteiger partial charge in [-0.25, -0.2) is 0 Å². The Kier molecular flexibility index (Phi) is 11.1. The van der Waals surface area contributed by atoms with E-state index in [0.29, 0.717) is 6.42 Å². The van der Waals surface area contributed by atoms with Crippen LogP contribution in [0.5, 0.6) is 0 Å². The van der Waals surface area contributed by atoms with Crippen molar-refractivity contribution in [1.82, 2.24) is 0 Å². The van der Waals surface area contributed by atoms with Crippen LogP contribution >= 0.6 is 0 Å². The summed E-state index contributed by atoms with van der Waals surface area (Å²) in [4.78, 5) is 11.0. The van der Waals surface area contributed by atoms with Crippen LogP contribution < -0.4 is 0 Å². The van der Waals surface area contributed by atoms with Crippen molar-refractivity contribution in [1.29, 1.82) is 0 Å². The van der Waals surface area contributed by atoms with Crippen molar-refractivity contribution in [3.8, 4) is 0 Å². The molecule has 2 heteroatoms. The van der Waals surface area contributed by atoms with Crippen LogP contribution in [0.1, 0.15) is 64.7 Å². The Hall–Kier alpha value is -0.530. The normalized spacial score (nSPS) is 10.3. The first kappa shape index (κ1) is 14.5. The summed E-state index contributed by atoms with van der Waals surface area (Å²) >= 11 is 0. The topological polar surface area (TPSA) is 26.3 Å². The van der Waals surface area contributed by atoms with E-state index in [1.165, 1.54) is 38.5 Å². The Morgan fingerprint density at radius 1 is 1.00 bits per heavy atom. The summed E-state index contributed by atoms with van der Waals surface area (Å²) in [5.41, 5.74) is 0. The predicted octanol–water partition coefficient (Wildman–Crippen LogP) is 3.89. The van der Waals surface area contributed by atoms with Crippen LogP contribution in [-0.2, 0) is 9.53 Å². The number of unbranched alkanes of at least 4 members (excludes halogenated alkanes) is 7. The quantitative estimate of drug-likeness (QED) is 0.406. The molecule has 15 heavy (non-hydrogen) atoms. The van der Waals surface area contributed by atoms with Gasteiger partial charge in [-0.15, -0.1) is 0 Å². The van der Waals surface area contributed by atoms with Crippen LogP contribution in [0.2, 0.25) is 0 Å². The Labute approximate surface area is 94.4 Å². The molecule has 0 atom stereocenters. The average Bonchev–Trinajstić information content (AvgIpc) is 2.22. The zero-order chi connectivity index (χ0) is 11.4. The third-order valence-corrected chi connectivity index (χ3v) is 2.50. The summed E-state index contributed by atoms with van der Waals surface area (Å²) in [6.07, 6.45) is 10.6. The third-order valence-electron chi connectivity index (χ3n) is 2.50. The summed E-state index contributed by atoms with van der Waals surface area (Å²) in [5.74, 6) is -0.101. The van der Waals surface area contributed by atoms with Gasteiger partial charge >= 0.3 is 5.97 Å². The van der Waals surface area contributed by atoms with E-state index in [0.717, 1.165) is 12.8 Å². The van der Waals surface area contributed by atoms with E-state index >= 15 is 0 Å². The molecule has 0 heterocycles. The first-order valence-corrected chi connectivity index (χ1v) is 6.26. The van der Waals surface area contributed by atoms with Crippen molar-refractivity contribution >= 4 is 5.97 Å². The van der Waals surface area contributed by atoms with Gasteiger partial charge < -0.3 is 4.74 Å². The summed E-state index contributed by atoms with van der Waals surface area (Å²) < 4.78 is 4.75. The first-order valence-electron chi connectivity index (χ1n) is 6.26. The molecule has 89 valence electrons. The van der Waals surface area contributed by atoms with Crippen LogP contribution in [0.3, 0.4) is 0 Å². The van der Waals surface area contributed by atoms with Gasteiger partial charge in [-0.2, -0.15) is 0 Å². The summed E-state index contributed by atoms with van der Waals surface area (Å²) in [5, 5.41) is 0. The van der Waals surface area contributed by atoms with Crippen molar-refractivity contribution in [2.24, 2.45) is 0 Å². The summed E-state index contributed by atoms with van der Waals surface area (Å²) in [6.45, 7) is 5.96. The highest BCUT2D eigenvalue weighted by atomic mass is 16.5. The van der Waals surface area contributed by atoms with Gasteiger partial charge in [0.1, 0.15) is 0 Å². The monoisotopic (exact) mass is 213 g/mol. The molecule has 0 aliphatic carbocycles. The summed E-state index contributed by atoms with van der Waals surface area (Å²) in [6, 6.07) is 0. The maximum absolute atomic E-state index is 11.0. The molecule has 0 spiro atoms. The number of carbonyl (C=O) groups excluding carboxylic acids is 1. The van der Waals surface area contributed by atoms with Crippen molar-refractivity contribution in [3.63, 3.8) is 0 Å². The molecule has 0 saturated carbocycles. The number of rotatable bonds is 10. The molecule has 0 N–H and O–H groups in total. The number of hydrogen-bond acceptors (Lipinski definition) is 2. The molecule has 0 saturated heterocycles. The first-order chi connectivity index (χ1) is 7.31. The van der Waals surface area contributed by atoms with E-state index < -0.39 is 0 Å². The highest BCUT2D eigenvalue weighted by Crippen LogP contribution is 2.09. The van der Waals surface area contributed by atoms with Gasteiger partial charge in [-0.1, -0.05) is 51.9 Å². The van der Waals surface area contributed by atoms with Crippen LogP contribution in [0, 0.1) is 6.92 Å². The minimum absolute atomic E-state index is 0.101. The molecule has 0 rings (SSSR count). The molecule has 2 nitrogen and oxygen atoms in total. The minimum Gasteiger partial charge on any atom is -0.466 e. The summed E-state index contributed by atoms with van der Waals surface area (Å²) in [7, 11) is 0. The van der Waals surface area contributed by atoms with Gasteiger partial charge in [0.05, 0.1) is 6.61 Å². The lowest BCUT2D eigenvalue weighted by Crippen LogP contribution is -2.03. The number of hydrogen-bond donors (Lipinski definition) is 0. The van der Waals surface area contributed by atoms with Gasteiger partial charge in [-0.05, 0) is 13.3 Å². The fourth-order valence-corrected chi connectivity index (χ4v) is 1.59. The van der Waals surface area contributed by atoms with Crippen LogP contribution in [-0.4, -0.2) is 12.6 Å². The van der Waals surface area contributed by atoms with E-state index in [2.05, 4.69) is 13.8 Å². The Morgan fingerprint density at radius 2 is 1.53 bits per heavy atom. The van der Waals surface area contributed by atoms with Crippen molar-refractivity contribution in [2.45, 2.75) is 64.7 Å². The molecule has 1 radical (unpaired) electrons. The van der Waals surface area contributed by atoms with Gasteiger partial charge in [0.25, 0.3) is 0 Å². The largest absolute Gasteiger partial charge is 0.466 e. The van der Waals surface area contributed by atoms with E-state index in [4.69, 9.17) is 4.74 Å². The standard InChI is InChI=1S/C13H25O2/c1-3-5-6-7-8-9-10-11-12-13(14)15-4-2/h2-12H2,1H3. The van der Waals surface area contributed by atoms with E-state index in [9.17, 15) is 4.79 Å². The van der Waals surface area contributed by atoms with Crippen molar-refractivity contribution in [2.75, 3.05) is 6.61 Å². The number of esters is 1. The zero-order valence-corrected chi connectivity index (χ0v) is 10.1. The van der Waals surface area contributed by atoms with E-state index in [1.807, 2.05) is 0 Å². The fraction of sp³-hybridized carbons (Fsp3) is 0.846. The minimum atomic E-state index is -0.101. The second-order valence-corrected chi connectivity index (χ2v) is 3.95. The third kappa shape index (κ3) is 11.4. The molecule has 0 unspecified atom stereocenters. The molecule has 0 aromatic heterocycles. The van der Waals surface area contributed by atoms with Crippen molar-refractivity contribution in [3.05, 3.63) is 6.92 Å². The lowest BCUT2D eigenvalue weighted by atomic mass is 10.1. The van der Waals surface area contributed by atoms with E-state index in [-0.39, 0.29) is 12.6 Å². The van der Waals surface area contributed by atoms with Crippen LogP contribution in [0.25, 0.3) is 0 Å². The second-order valence-electron chi connectivity index (χ2n) is 3.95. The Bertz CT molecular complexity index is 143. The molecule has 0 aliphatic rings. The second kappa shape index (κ2) is 11.5. The lowest BCUT2D eigenvalue weighted by Gasteiger charge is -2.02. The predicted molar refractivity (Wildman–Crippen MR) is 63.5 cm³/mol. The number of ether oxygens (including phenoxy) is 1. The lowest BCUT2D eigenvalue weighted by molar-refractivity contribution is -0.142. The van der Waals surface area contributed by atoms with Crippen LogP contribution in [0.4, 0.5) is 0 Å². The molecule has 0 aromatic rings. The number of carbonyl (C=O) groups is 1. The van der Waals surface area contributed by atoms with Gasteiger partial charge in [-0.3, -0.25) is 4.79 Å². The molecular formula is C13H25O2. The van der Waals surface area contributed by atoms with Gasteiger partial charge in [0, 0.05) is 6.42 Å². The van der Waals surface area contributed by atoms with E-state index in [1.54, 1.807) is 0 Å². The van der Waals surface area contributed by atoms with Crippen molar-refractivity contribution < 1.29 is 9.53 Å². The smallest absolute Gasteiger partial charge is 0.305 e. The fourth-order valence-electron chi connectivity index (χ4n) is 1.59. The Balaban J connectivity index is 3.01.